The van der Waals surface area contributed by atoms with Gasteiger partial charge in [0.1, 0.15) is 0 Å². The van der Waals surface area contributed by atoms with Crippen LogP contribution in [-0.4, -0.2) is 27.3 Å². The predicted octanol–water partition coefficient (Wildman–Crippen LogP) is -0.315. The van der Waals surface area contributed by atoms with Crippen molar-refractivity contribution in [3.8, 4) is 17.2 Å². The number of benzene rings is 1. The number of guanidine groups is 1. The highest BCUT2D eigenvalue weighted by Crippen LogP contribution is 2.39. The van der Waals surface area contributed by atoms with E-state index in [-0.39, 0.29) is 0 Å². The fourth-order valence-corrected chi connectivity index (χ4v) is 1.74. The summed E-state index contributed by atoms with van der Waals surface area (Å²) in [6, 6.07) is 3.71. The van der Waals surface area contributed by atoms with E-state index in [1.165, 1.54) is 0 Å². The SMILES string of the molecule is COc1ccc(CN=C2NNNN2)c(OC)c1OC. The molecule has 0 amide bonds. The molecule has 1 aromatic rings. The third-order valence-corrected chi connectivity index (χ3v) is 2.62. The quantitative estimate of drug-likeness (QED) is 0.582. The van der Waals surface area contributed by atoms with Crippen LogP contribution in [0.4, 0.5) is 0 Å². The van der Waals surface area contributed by atoms with Gasteiger partial charge in [0.2, 0.25) is 11.7 Å². The molecular formula is C11H17N5O3. The zero-order valence-electron chi connectivity index (χ0n) is 11.0. The van der Waals surface area contributed by atoms with Crippen molar-refractivity contribution in [2.75, 3.05) is 21.3 Å². The Labute approximate surface area is 111 Å². The lowest BCUT2D eigenvalue weighted by atomic mass is 10.1. The average molecular weight is 267 g/mol. The lowest BCUT2D eigenvalue weighted by Crippen LogP contribution is -2.33. The van der Waals surface area contributed by atoms with Gasteiger partial charge in [0.05, 0.1) is 27.9 Å². The van der Waals surface area contributed by atoms with Crippen LogP contribution in [0, 0.1) is 0 Å². The molecule has 0 atom stereocenters. The Morgan fingerprint density at radius 1 is 0.947 bits per heavy atom. The van der Waals surface area contributed by atoms with Crippen LogP contribution >= 0.6 is 0 Å². The Morgan fingerprint density at radius 3 is 2.21 bits per heavy atom. The standard InChI is InChI=1S/C11H17N5O3/c1-17-8-5-4-7(9(18-2)10(8)19-3)6-12-11-13-15-16-14-11/h4-5,15-16H,6H2,1-3H3,(H2,12,13,14). The highest BCUT2D eigenvalue weighted by Gasteiger charge is 2.15. The van der Waals surface area contributed by atoms with Crippen molar-refractivity contribution in [1.29, 1.82) is 0 Å². The average Bonchev–Trinajstić information content (AvgIpc) is 2.96. The highest BCUT2D eigenvalue weighted by atomic mass is 16.5. The number of ether oxygens (including phenoxy) is 3. The molecule has 0 radical (unpaired) electrons. The van der Waals surface area contributed by atoms with Gasteiger partial charge in [0.15, 0.2) is 11.5 Å². The van der Waals surface area contributed by atoms with Crippen molar-refractivity contribution >= 4 is 5.96 Å². The maximum absolute atomic E-state index is 5.38. The van der Waals surface area contributed by atoms with E-state index < -0.39 is 0 Å². The molecule has 0 spiro atoms. The Kier molecular flexibility index (Phi) is 4.26. The topological polar surface area (TPSA) is 88.2 Å². The fraction of sp³-hybridized carbons (Fsp3) is 0.364. The Bertz CT molecular complexity index is 470. The lowest BCUT2D eigenvalue weighted by Gasteiger charge is -2.14. The van der Waals surface area contributed by atoms with E-state index in [4.69, 9.17) is 14.2 Å². The van der Waals surface area contributed by atoms with Crippen LogP contribution < -0.4 is 36.1 Å². The second-order valence-electron chi connectivity index (χ2n) is 3.66. The second-order valence-corrected chi connectivity index (χ2v) is 3.66. The van der Waals surface area contributed by atoms with Gasteiger partial charge in [0, 0.05) is 5.56 Å². The summed E-state index contributed by atoms with van der Waals surface area (Å²) in [5.74, 6) is 2.39. The van der Waals surface area contributed by atoms with Crippen molar-refractivity contribution in [2.24, 2.45) is 4.99 Å². The largest absolute Gasteiger partial charge is 0.493 e. The van der Waals surface area contributed by atoms with Crippen LogP contribution in [0.2, 0.25) is 0 Å². The van der Waals surface area contributed by atoms with Gasteiger partial charge >= 0.3 is 0 Å². The predicted molar refractivity (Wildman–Crippen MR) is 69.8 cm³/mol. The number of aliphatic imine (C=N–C) groups is 1. The summed E-state index contributed by atoms with van der Waals surface area (Å²) in [5, 5.41) is 0. The molecule has 0 aliphatic carbocycles. The maximum atomic E-state index is 5.38. The molecular weight excluding hydrogens is 250 g/mol. The number of nitrogens with zero attached hydrogens (tertiary/aromatic N) is 1. The van der Waals surface area contributed by atoms with Gasteiger partial charge in [-0.3, -0.25) is 10.9 Å². The van der Waals surface area contributed by atoms with Crippen molar-refractivity contribution in [2.45, 2.75) is 6.54 Å². The van der Waals surface area contributed by atoms with Crippen molar-refractivity contribution in [3.05, 3.63) is 17.7 Å². The summed E-state index contributed by atoms with van der Waals surface area (Å²) in [5.41, 5.74) is 11.8. The first-order chi connectivity index (χ1) is 9.30. The maximum Gasteiger partial charge on any atom is 0.223 e. The van der Waals surface area contributed by atoms with Gasteiger partial charge in [0.25, 0.3) is 0 Å². The number of rotatable bonds is 5. The van der Waals surface area contributed by atoms with Crippen molar-refractivity contribution < 1.29 is 14.2 Å². The summed E-state index contributed by atoms with van der Waals surface area (Å²) in [6.45, 7) is 0.433. The van der Waals surface area contributed by atoms with Crippen LogP contribution in [0.1, 0.15) is 5.56 Å². The molecule has 0 aromatic heterocycles. The highest BCUT2D eigenvalue weighted by molar-refractivity contribution is 5.80. The Hall–Kier alpha value is -2.19. The summed E-state index contributed by atoms with van der Waals surface area (Å²) in [6.07, 6.45) is 0. The van der Waals surface area contributed by atoms with Gasteiger partial charge in [-0.15, -0.1) is 0 Å². The van der Waals surface area contributed by atoms with Crippen molar-refractivity contribution in [1.82, 2.24) is 21.9 Å². The van der Waals surface area contributed by atoms with Crippen LogP contribution in [-0.2, 0) is 6.54 Å². The zero-order valence-corrected chi connectivity index (χ0v) is 11.0. The van der Waals surface area contributed by atoms with E-state index in [9.17, 15) is 0 Å². The van der Waals surface area contributed by atoms with Crippen LogP contribution in [0.3, 0.4) is 0 Å². The minimum Gasteiger partial charge on any atom is -0.493 e. The molecule has 1 aromatic carbocycles. The molecule has 2 rings (SSSR count). The number of methoxy groups -OCH3 is 3. The van der Waals surface area contributed by atoms with Gasteiger partial charge in [-0.1, -0.05) is 0 Å². The normalized spacial score (nSPS) is 13.5. The minimum absolute atomic E-state index is 0.433. The van der Waals surface area contributed by atoms with Gasteiger partial charge in [-0.2, -0.15) is 11.1 Å². The molecule has 0 unspecified atom stereocenters. The zero-order chi connectivity index (χ0) is 13.7. The van der Waals surface area contributed by atoms with Gasteiger partial charge < -0.3 is 14.2 Å². The first-order valence-corrected chi connectivity index (χ1v) is 5.64. The second kappa shape index (κ2) is 6.12. The molecule has 1 aliphatic rings. The lowest BCUT2D eigenvalue weighted by molar-refractivity contribution is 0.322. The molecule has 8 nitrogen and oxygen atoms in total. The summed E-state index contributed by atoms with van der Waals surface area (Å²) >= 11 is 0. The van der Waals surface area contributed by atoms with Crippen LogP contribution in [0.15, 0.2) is 17.1 Å². The smallest absolute Gasteiger partial charge is 0.223 e. The summed E-state index contributed by atoms with van der Waals surface area (Å²) < 4.78 is 15.9. The van der Waals surface area contributed by atoms with Crippen LogP contribution in [0.25, 0.3) is 0 Å². The molecule has 4 N–H and O–H groups in total. The van der Waals surface area contributed by atoms with Gasteiger partial charge in [-0.25, -0.2) is 4.99 Å². The molecule has 104 valence electrons. The molecule has 8 heteroatoms. The first kappa shape index (κ1) is 13.2. The Balaban J connectivity index is 2.26. The van der Waals surface area contributed by atoms with E-state index in [1.807, 2.05) is 12.1 Å². The van der Waals surface area contributed by atoms with E-state index in [2.05, 4.69) is 26.9 Å². The van der Waals surface area contributed by atoms with E-state index in [0.29, 0.717) is 29.8 Å². The molecule has 0 bridgehead atoms. The molecule has 19 heavy (non-hydrogen) atoms. The van der Waals surface area contributed by atoms with E-state index in [0.717, 1.165) is 5.56 Å². The monoisotopic (exact) mass is 267 g/mol. The third-order valence-electron chi connectivity index (χ3n) is 2.62. The number of hydrazine groups is 3. The number of hydrogen-bond donors (Lipinski definition) is 4. The minimum atomic E-state index is 0.433. The Morgan fingerprint density at radius 2 is 1.63 bits per heavy atom. The molecule has 1 heterocycles. The number of nitrogens with one attached hydrogen (secondary N) is 4. The molecule has 1 saturated heterocycles. The van der Waals surface area contributed by atoms with Crippen molar-refractivity contribution in [3.63, 3.8) is 0 Å². The molecule has 1 aliphatic heterocycles. The van der Waals surface area contributed by atoms with E-state index >= 15 is 0 Å². The van der Waals surface area contributed by atoms with Crippen LogP contribution in [0.5, 0.6) is 17.2 Å². The summed E-state index contributed by atoms with van der Waals surface area (Å²) in [4.78, 5) is 4.33. The van der Waals surface area contributed by atoms with E-state index in [1.54, 1.807) is 21.3 Å². The molecule has 0 saturated carbocycles. The third kappa shape index (κ3) is 2.80. The number of hydrogen-bond acceptors (Lipinski definition) is 6. The van der Waals surface area contributed by atoms with Gasteiger partial charge in [-0.05, 0) is 12.1 Å². The summed E-state index contributed by atoms with van der Waals surface area (Å²) in [7, 11) is 4.74. The first-order valence-electron chi connectivity index (χ1n) is 5.64. The molecule has 1 fully saturated rings. The fourth-order valence-electron chi connectivity index (χ4n) is 1.74.